The molecule has 0 aliphatic heterocycles. The lowest BCUT2D eigenvalue weighted by molar-refractivity contribution is 0.0277. The molecule has 0 amide bonds. The van der Waals surface area contributed by atoms with Gasteiger partial charge in [-0.1, -0.05) is 11.6 Å². The lowest BCUT2D eigenvalue weighted by Crippen LogP contribution is -2.19. The Morgan fingerprint density at radius 2 is 2.10 bits per heavy atom. The normalized spacial score (nSPS) is 13.9. The number of aldehydes is 1. The summed E-state index contributed by atoms with van der Waals surface area (Å²) in [5, 5.41) is 20.9. The lowest BCUT2D eigenvalue weighted by Gasteiger charge is -2.19. The molecule has 4 nitrogen and oxygen atoms in total. The summed E-state index contributed by atoms with van der Waals surface area (Å²) in [6.45, 7) is 5.68. The Labute approximate surface area is 123 Å². The van der Waals surface area contributed by atoms with Gasteiger partial charge in [0.15, 0.2) is 6.29 Å². The molecule has 2 aromatic rings. The van der Waals surface area contributed by atoms with Crippen LogP contribution in [0.1, 0.15) is 49.7 Å². The zero-order valence-electron chi connectivity index (χ0n) is 12.5. The molecule has 0 fully saturated rings. The zero-order valence-corrected chi connectivity index (χ0v) is 12.5. The van der Waals surface area contributed by atoms with Crippen molar-refractivity contribution in [1.82, 2.24) is 0 Å². The second-order valence-electron chi connectivity index (χ2n) is 5.74. The number of hydrogen-bond donors (Lipinski definition) is 2. The minimum absolute atomic E-state index is 0.0331. The van der Waals surface area contributed by atoms with Gasteiger partial charge in [-0.3, -0.25) is 4.79 Å². The number of aliphatic hydroxyl groups is 1. The Bertz CT molecular complexity index is 688. The molecule has 112 valence electrons. The molecule has 0 spiro atoms. The SMILES string of the molecule is CC(C)=CCCC(C)(O)c1cc2c(O)ccc(C=O)c2o1. The third-order valence-electron chi connectivity index (χ3n) is 3.53. The summed E-state index contributed by atoms with van der Waals surface area (Å²) in [4.78, 5) is 11.0. The van der Waals surface area contributed by atoms with Crippen LogP contribution in [0.2, 0.25) is 0 Å². The number of aromatic hydroxyl groups is 1. The summed E-state index contributed by atoms with van der Waals surface area (Å²) < 4.78 is 5.63. The fraction of sp³-hybridized carbons (Fsp3) is 0.353. The van der Waals surface area contributed by atoms with Crippen LogP contribution in [-0.4, -0.2) is 16.5 Å². The maximum atomic E-state index is 11.0. The predicted octanol–water partition coefficient (Wildman–Crippen LogP) is 3.90. The van der Waals surface area contributed by atoms with Crippen molar-refractivity contribution in [3.05, 3.63) is 41.2 Å². The second-order valence-corrected chi connectivity index (χ2v) is 5.74. The Hall–Kier alpha value is -2.07. The van der Waals surface area contributed by atoms with Crippen LogP contribution in [0.3, 0.4) is 0 Å². The molecule has 1 atom stereocenters. The van der Waals surface area contributed by atoms with E-state index in [2.05, 4.69) is 0 Å². The fourth-order valence-corrected chi connectivity index (χ4v) is 2.25. The first-order chi connectivity index (χ1) is 9.85. The van der Waals surface area contributed by atoms with Gasteiger partial charge in [0.25, 0.3) is 0 Å². The molecule has 1 aromatic heterocycles. The first kappa shape index (κ1) is 15.3. The van der Waals surface area contributed by atoms with E-state index < -0.39 is 5.60 Å². The van der Waals surface area contributed by atoms with E-state index >= 15 is 0 Å². The third kappa shape index (κ3) is 3.16. The van der Waals surface area contributed by atoms with Crippen LogP contribution in [0.15, 0.2) is 34.3 Å². The van der Waals surface area contributed by atoms with Gasteiger partial charge in [0, 0.05) is 0 Å². The highest BCUT2D eigenvalue weighted by Gasteiger charge is 2.27. The van der Waals surface area contributed by atoms with Crippen LogP contribution in [-0.2, 0) is 5.60 Å². The van der Waals surface area contributed by atoms with E-state index in [1.54, 1.807) is 13.0 Å². The van der Waals surface area contributed by atoms with Crippen molar-refractivity contribution in [2.24, 2.45) is 0 Å². The van der Waals surface area contributed by atoms with Crippen LogP contribution < -0.4 is 0 Å². The number of phenolic OH excluding ortho intramolecular Hbond substituents is 1. The van der Waals surface area contributed by atoms with Crippen LogP contribution in [0.4, 0.5) is 0 Å². The van der Waals surface area contributed by atoms with Crippen molar-refractivity contribution >= 4 is 17.3 Å². The highest BCUT2D eigenvalue weighted by Crippen LogP contribution is 2.36. The highest BCUT2D eigenvalue weighted by molar-refractivity contribution is 5.97. The number of benzene rings is 1. The van der Waals surface area contributed by atoms with E-state index in [9.17, 15) is 15.0 Å². The Balaban J connectivity index is 2.40. The standard InChI is InChI=1S/C17H20O4/c1-11(2)5-4-8-17(3,20)15-9-13-14(19)7-6-12(10-18)16(13)21-15/h5-7,9-10,19-20H,4,8H2,1-3H3. The monoisotopic (exact) mass is 288 g/mol. The van der Waals surface area contributed by atoms with Crippen molar-refractivity contribution in [3.8, 4) is 5.75 Å². The fourth-order valence-electron chi connectivity index (χ4n) is 2.25. The number of furan rings is 1. The molecule has 0 aliphatic carbocycles. The predicted molar refractivity (Wildman–Crippen MR) is 81.5 cm³/mol. The summed E-state index contributed by atoms with van der Waals surface area (Å²) in [6, 6.07) is 4.54. The van der Waals surface area contributed by atoms with Gasteiger partial charge in [-0.15, -0.1) is 0 Å². The molecule has 1 aromatic carbocycles. The Morgan fingerprint density at radius 1 is 1.38 bits per heavy atom. The van der Waals surface area contributed by atoms with Gasteiger partial charge in [-0.2, -0.15) is 0 Å². The lowest BCUT2D eigenvalue weighted by atomic mass is 9.96. The second kappa shape index (κ2) is 5.74. The minimum Gasteiger partial charge on any atom is -0.507 e. The summed E-state index contributed by atoms with van der Waals surface area (Å²) in [5.41, 5.74) is 0.699. The van der Waals surface area contributed by atoms with Crippen molar-refractivity contribution in [1.29, 1.82) is 0 Å². The van der Waals surface area contributed by atoms with E-state index in [-0.39, 0.29) is 5.75 Å². The first-order valence-corrected chi connectivity index (χ1v) is 6.92. The molecule has 2 rings (SSSR count). The highest BCUT2D eigenvalue weighted by atomic mass is 16.4. The first-order valence-electron chi connectivity index (χ1n) is 6.92. The molecular weight excluding hydrogens is 268 g/mol. The van der Waals surface area contributed by atoms with E-state index in [0.717, 1.165) is 6.42 Å². The van der Waals surface area contributed by atoms with Gasteiger partial charge in [0.05, 0.1) is 10.9 Å². The average Bonchev–Trinajstić information content (AvgIpc) is 2.85. The van der Waals surface area contributed by atoms with E-state index in [4.69, 9.17) is 4.42 Å². The van der Waals surface area contributed by atoms with E-state index in [0.29, 0.717) is 35.0 Å². The number of rotatable bonds is 5. The molecule has 0 saturated heterocycles. The molecule has 4 heteroatoms. The van der Waals surface area contributed by atoms with Crippen LogP contribution in [0.5, 0.6) is 5.75 Å². The number of phenols is 1. The molecule has 1 heterocycles. The van der Waals surface area contributed by atoms with Gasteiger partial charge in [-0.05, 0) is 51.8 Å². The molecule has 0 aliphatic rings. The quantitative estimate of drug-likeness (QED) is 0.646. The Morgan fingerprint density at radius 3 is 2.71 bits per heavy atom. The van der Waals surface area contributed by atoms with Crippen LogP contribution in [0.25, 0.3) is 11.0 Å². The molecule has 2 N–H and O–H groups in total. The molecule has 0 saturated carbocycles. The van der Waals surface area contributed by atoms with Crippen LogP contribution in [0, 0.1) is 0 Å². The molecule has 21 heavy (non-hydrogen) atoms. The smallest absolute Gasteiger partial charge is 0.153 e. The number of allylic oxidation sites excluding steroid dienone is 2. The minimum atomic E-state index is -1.16. The van der Waals surface area contributed by atoms with Gasteiger partial charge in [-0.25, -0.2) is 0 Å². The topological polar surface area (TPSA) is 70.7 Å². The van der Waals surface area contributed by atoms with Crippen molar-refractivity contribution in [2.75, 3.05) is 0 Å². The molecular formula is C17H20O4. The Kier molecular flexibility index (Phi) is 4.19. The van der Waals surface area contributed by atoms with Crippen molar-refractivity contribution < 1.29 is 19.4 Å². The van der Waals surface area contributed by atoms with Crippen LogP contribution >= 0.6 is 0 Å². The van der Waals surface area contributed by atoms with Gasteiger partial charge >= 0.3 is 0 Å². The molecule has 0 radical (unpaired) electrons. The van der Waals surface area contributed by atoms with Crippen molar-refractivity contribution in [2.45, 2.75) is 39.2 Å². The molecule has 0 bridgehead atoms. The summed E-state index contributed by atoms with van der Waals surface area (Å²) >= 11 is 0. The average molecular weight is 288 g/mol. The third-order valence-corrected chi connectivity index (χ3v) is 3.53. The van der Waals surface area contributed by atoms with Gasteiger partial charge in [0.2, 0.25) is 0 Å². The van der Waals surface area contributed by atoms with E-state index in [1.165, 1.54) is 17.7 Å². The van der Waals surface area contributed by atoms with Gasteiger partial charge in [0.1, 0.15) is 22.7 Å². The largest absolute Gasteiger partial charge is 0.507 e. The number of fused-ring (bicyclic) bond motifs is 1. The van der Waals surface area contributed by atoms with Gasteiger partial charge < -0.3 is 14.6 Å². The summed E-state index contributed by atoms with van der Waals surface area (Å²) in [6.07, 6.45) is 3.94. The maximum Gasteiger partial charge on any atom is 0.153 e. The summed E-state index contributed by atoms with van der Waals surface area (Å²) in [7, 11) is 0. The summed E-state index contributed by atoms with van der Waals surface area (Å²) in [5.74, 6) is 0.384. The van der Waals surface area contributed by atoms with Crippen molar-refractivity contribution in [3.63, 3.8) is 0 Å². The maximum absolute atomic E-state index is 11.0. The molecule has 1 unspecified atom stereocenters. The number of carbonyl (C=O) groups excluding carboxylic acids is 1. The number of hydrogen-bond acceptors (Lipinski definition) is 4. The zero-order chi connectivity index (χ0) is 15.6. The number of carbonyl (C=O) groups is 1. The van der Waals surface area contributed by atoms with E-state index in [1.807, 2.05) is 19.9 Å².